The van der Waals surface area contributed by atoms with Gasteiger partial charge in [0.2, 0.25) is 5.78 Å². The van der Waals surface area contributed by atoms with E-state index in [0.717, 1.165) is 0 Å². The molecule has 0 unspecified atom stereocenters. The average molecular weight is 418 g/mol. The number of aliphatic hydroxyl groups is 5. The van der Waals surface area contributed by atoms with E-state index >= 15 is 0 Å². The molecule has 0 saturated carbocycles. The quantitative estimate of drug-likeness (QED) is 0.334. The number of benzene rings is 2. The molecule has 30 heavy (non-hydrogen) atoms. The molecule has 7 N–H and O–H groups in total. The molecule has 9 heteroatoms. The van der Waals surface area contributed by atoms with Gasteiger partial charge in [0.05, 0.1) is 30.4 Å². The molecule has 0 bridgehead atoms. The van der Waals surface area contributed by atoms with Gasteiger partial charge < -0.3 is 40.5 Å². The predicted molar refractivity (Wildman–Crippen MR) is 101 cm³/mol. The highest BCUT2D eigenvalue weighted by molar-refractivity contribution is 6.16. The van der Waals surface area contributed by atoms with E-state index in [1.54, 1.807) is 6.07 Å². The Balaban J connectivity index is 1.96. The number of rotatable bonds is 3. The van der Waals surface area contributed by atoms with Crippen molar-refractivity contribution >= 4 is 5.78 Å². The molecule has 1 saturated heterocycles. The van der Waals surface area contributed by atoms with E-state index in [0.29, 0.717) is 5.56 Å². The molecule has 1 aliphatic carbocycles. The van der Waals surface area contributed by atoms with Gasteiger partial charge in [-0.05, 0) is 28.8 Å². The summed E-state index contributed by atoms with van der Waals surface area (Å²) in [5.41, 5.74) is 0.609. The zero-order chi connectivity index (χ0) is 21.7. The van der Waals surface area contributed by atoms with Crippen LogP contribution in [0.1, 0.15) is 38.5 Å². The van der Waals surface area contributed by atoms with E-state index < -0.39 is 61.2 Å². The Bertz CT molecular complexity index is 987. The van der Waals surface area contributed by atoms with Crippen LogP contribution in [0.3, 0.4) is 0 Å². The molecule has 2 aromatic carbocycles. The standard InChI is InChI=1S/C21H22O9/c22-6-8-4-10-14(21-20(29)19(28)17(26)13(7-23)30-21)9-2-1-3-11(24)15(9)18(27)16(10)12(25)5-8/h1-5,13-14,17,19-26,28-29H,6-7H2/t13-,14+,17+,19+,20-,21-/m0/s1. The first kappa shape index (κ1) is 20.7. The molecule has 1 heterocycles. The van der Waals surface area contributed by atoms with Gasteiger partial charge in [-0.1, -0.05) is 18.2 Å². The van der Waals surface area contributed by atoms with E-state index in [1.165, 1.54) is 24.3 Å². The smallest absolute Gasteiger partial charge is 0.201 e. The number of carbonyl (C=O) groups excluding carboxylic acids is 1. The van der Waals surface area contributed by atoms with Crippen LogP contribution in [0.4, 0.5) is 0 Å². The van der Waals surface area contributed by atoms with E-state index in [4.69, 9.17) is 4.74 Å². The number of phenolic OH excluding ortho intramolecular Hbond substituents is 2. The fourth-order valence-corrected chi connectivity index (χ4v) is 4.41. The summed E-state index contributed by atoms with van der Waals surface area (Å²) < 4.78 is 5.73. The van der Waals surface area contributed by atoms with Gasteiger partial charge in [0.15, 0.2) is 0 Å². The largest absolute Gasteiger partial charge is 0.507 e. The van der Waals surface area contributed by atoms with Crippen molar-refractivity contribution in [1.82, 2.24) is 0 Å². The molecular formula is C21H22O9. The maximum Gasteiger partial charge on any atom is 0.201 e. The number of ether oxygens (including phenoxy) is 1. The maximum atomic E-state index is 13.1. The lowest BCUT2D eigenvalue weighted by molar-refractivity contribution is -0.232. The fourth-order valence-electron chi connectivity index (χ4n) is 4.41. The summed E-state index contributed by atoms with van der Waals surface area (Å²) in [6, 6.07) is 7.06. The summed E-state index contributed by atoms with van der Waals surface area (Å²) in [6.07, 6.45) is -7.22. The third-order valence-electron chi connectivity index (χ3n) is 5.85. The van der Waals surface area contributed by atoms with Crippen molar-refractivity contribution < 1.29 is 45.3 Å². The Labute approximate surface area is 171 Å². The van der Waals surface area contributed by atoms with Crippen molar-refractivity contribution in [2.75, 3.05) is 6.61 Å². The second kappa shape index (κ2) is 7.62. The van der Waals surface area contributed by atoms with Gasteiger partial charge in [-0.25, -0.2) is 0 Å². The Hall–Kier alpha value is -2.53. The van der Waals surface area contributed by atoms with Crippen LogP contribution in [0, 0.1) is 0 Å². The van der Waals surface area contributed by atoms with Gasteiger partial charge in [0.25, 0.3) is 0 Å². The zero-order valence-electron chi connectivity index (χ0n) is 15.7. The summed E-state index contributed by atoms with van der Waals surface area (Å²) in [7, 11) is 0. The molecule has 9 nitrogen and oxygen atoms in total. The SMILES string of the molecule is O=C1c2c(O)cccc2[C@@H]([C@@H]2O[C@@H](CO)[C@@H](O)[C@@H](O)[C@@H]2O)c2cc(CO)cc(O)c21. The van der Waals surface area contributed by atoms with Crippen LogP contribution in [0.5, 0.6) is 11.5 Å². The van der Waals surface area contributed by atoms with E-state index in [-0.39, 0.29) is 28.0 Å². The molecule has 0 spiro atoms. The van der Waals surface area contributed by atoms with Gasteiger partial charge >= 0.3 is 0 Å². The van der Waals surface area contributed by atoms with E-state index in [9.17, 15) is 40.5 Å². The van der Waals surface area contributed by atoms with Crippen LogP contribution in [0.2, 0.25) is 0 Å². The summed E-state index contributed by atoms with van der Waals surface area (Å²) >= 11 is 0. The summed E-state index contributed by atoms with van der Waals surface area (Å²) in [5.74, 6) is -2.34. The molecule has 160 valence electrons. The van der Waals surface area contributed by atoms with Crippen LogP contribution in [-0.2, 0) is 11.3 Å². The number of carbonyl (C=O) groups is 1. The van der Waals surface area contributed by atoms with E-state index in [1.807, 2.05) is 0 Å². The van der Waals surface area contributed by atoms with Gasteiger partial charge in [-0.3, -0.25) is 4.79 Å². The molecule has 6 atom stereocenters. The van der Waals surface area contributed by atoms with Crippen molar-refractivity contribution in [2.24, 2.45) is 0 Å². The first-order chi connectivity index (χ1) is 14.3. The third kappa shape index (κ3) is 2.99. The highest BCUT2D eigenvalue weighted by atomic mass is 16.5. The van der Waals surface area contributed by atoms with Gasteiger partial charge in [-0.15, -0.1) is 0 Å². The lowest BCUT2D eigenvalue weighted by atomic mass is 9.71. The predicted octanol–water partition coefficient (Wildman–Crippen LogP) is -0.891. The van der Waals surface area contributed by atoms with Crippen molar-refractivity contribution in [3.8, 4) is 11.5 Å². The number of phenols is 2. The molecule has 0 aromatic heterocycles. The third-order valence-corrected chi connectivity index (χ3v) is 5.85. The molecule has 1 fully saturated rings. The van der Waals surface area contributed by atoms with Crippen LogP contribution in [0.25, 0.3) is 0 Å². The molecule has 2 aromatic rings. The topological polar surface area (TPSA) is 168 Å². The number of ketones is 1. The van der Waals surface area contributed by atoms with Crippen molar-refractivity contribution in [3.63, 3.8) is 0 Å². The zero-order valence-corrected chi connectivity index (χ0v) is 15.7. The Kier molecular flexibility index (Phi) is 5.27. The number of aliphatic hydroxyl groups excluding tert-OH is 5. The fraction of sp³-hybridized carbons (Fsp3) is 0.381. The minimum absolute atomic E-state index is 0.0843. The lowest BCUT2D eigenvalue weighted by Gasteiger charge is -2.45. The van der Waals surface area contributed by atoms with Gasteiger partial charge in [0, 0.05) is 5.92 Å². The first-order valence-corrected chi connectivity index (χ1v) is 9.43. The Morgan fingerprint density at radius 3 is 2.23 bits per heavy atom. The monoisotopic (exact) mass is 418 g/mol. The normalized spacial score (nSPS) is 30.6. The van der Waals surface area contributed by atoms with Crippen LogP contribution >= 0.6 is 0 Å². The highest BCUT2D eigenvalue weighted by Gasteiger charge is 2.50. The summed E-state index contributed by atoms with van der Waals surface area (Å²) in [5, 5.41) is 71.0. The average Bonchev–Trinajstić information content (AvgIpc) is 2.73. The molecule has 2 aliphatic rings. The van der Waals surface area contributed by atoms with Crippen LogP contribution < -0.4 is 0 Å². The van der Waals surface area contributed by atoms with Gasteiger partial charge in [0.1, 0.15) is 35.9 Å². The molecule has 4 rings (SSSR count). The summed E-state index contributed by atoms with van der Waals surface area (Å²) in [6.45, 7) is -1.06. The first-order valence-electron chi connectivity index (χ1n) is 9.43. The second-order valence-corrected chi connectivity index (χ2v) is 7.58. The number of hydrogen-bond acceptors (Lipinski definition) is 9. The molecule has 1 aliphatic heterocycles. The van der Waals surface area contributed by atoms with Crippen molar-refractivity contribution in [1.29, 1.82) is 0 Å². The Morgan fingerprint density at radius 1 is 0.867 bits per heavy atom. The van der Waals surface area contributed by atoms with Gasteiger partial charge in [-0.2, -0.15) is 0 Å². The van der Waals surface area contributed by atoms with Crippen molar-refractivity contribution in [2.45, 2.75) is 43.0 Å². The second-order valence-electron chi connectivity index (χ2n) is 7.58. The molecule has 0 radical (unpaired) electrons. The summed E-state index contributed by atoms with van der Waals surface area (Å²) in [4.78, 5) is 13.1. The number of fused-ring (bicyclic) bond motifs is 2. The minimum atomic E-state index is -1.64. The van der Waals surface area contributed by atoms with Crippen LogP contribution in [-0.4, -0.2) is 78.7 Å². The van der Waals surface area contributed by atoms with E-state index in [2.05, 4.69) is 0 Å². The maximum absolute atomic E-state index is 13.1. The molecular weight excluding hydrogens is 396 g/mol. The highest BCUT2D eigenvalue weighted by Crippen LogP contribution is 2.47. The number of aromatic hydroxyl groups is 2. The number of hydrogen-bond donors (Lipinski definition) is 7. The minimum Gasteiger partial charge on any atom is -0.507 e. The Morgan fingerprint density at radius 2 is 1.57 bits per heavy atom. The van der Waals surface area contributed by atoms with Crippen molar-refractivity contribution in [3.05, 3.63) is 58.1 Å². The van der Waals surface area contributed by atoms with Crippen LogP contribution in [0.15, 0.2) is 30.3 Å². The lowest BCUT2D eigenvalue weighted by Crippen LogP contribution is -2.60. The molecule has 0 amide bonds.